The molecule has 2 aromatic rings. The number of halogens is 5. The maximum atomic E-state index is 12.3. The van der Waals surface area contributed by atoms with Crippen molar-refractivity contribution >= 4 is 45.5 Å². The Balaban J connectivity index is 1.64. The topological polar surface area (TPSA) is 55.7 Å². The number of benzene rings is 2. The Labute approximate surface area is 189 Å². The summed E-state index contributed by atoms with van der Waals surface area (Å²) < 4.78 is 48.9. The van der Waals surface area contributed by atoms with Crippen molar-refractivity contribution < 1.29 is 27.0 Å². The molecule has 2 unspecified atom stereocenters. The van der Waals surface area contributed by atoms with Crippen molar-refractivity contribution in [2.24, 2.45) is 5.16 Å². The van der Waals surface area contributed by atoms with Gasteiger partial charge in [0.05, 0.1) is 28.7 Å². The van der Waals surface area contributed by atoms with Gasteiger partial charge >= 0.3 is 6.18 Å². The summed E-state index contributed by atoms with van der Waals surface area (Å²) in [4.78, 5) is 17.7. The molecule has 166 valence electrons. The van der Waals surface area contributed by atoms with Gasteiger partial charge in [-0.3, -0.25) is 9.00 Å². The number of hydrogen-bond donors (Lipinski definition) is 0. The molecule has 2 atom stereocenters. The lowest BCUT2D eigenvalue weighted by atomic mass is 9.89. The quantitative estimate of drug-likeness (QED) is 0.473. The molecule has 0 saturated heterocycles. The van der Waals surface area contributed by atoms with Crippen molar-refractivity contribution in [2.75, 3.05) is 5.75 Å². The van der Waals surface area contributed by atoms with Gasteiger partial charge in [0.1, 0.15) is 5.78 Å². The Morgan fingerprint density at radius 2 is 1.77 bits per heavy atom. The lowest BCUT2D eigenvalue weighted by Gasteiger charge is -2.22. The van der Waals surface area contributed by atoms with E-state index in [9.17, 15) is 22.2 Å². The van der Waals surface area contributed by atoms with Crippen LogP contribution in [0.4, 0.5) is 13.2 Å². The summed E-state index contributed by atoms with van der Waals surface area (Å²) in [6.07, 6.45) is -5.85. The second-order valence-corrected chi connectivity index (χ2v) is 9.69. The second kappa shape index (κ2) is 9.30. The van der Waals surface area contributed by atoms with Crippen molar-refractivity contribution in [3.05, 3.63) is 63.6 Å². The molecule has 4 nitrogen and oxygen atoms in total. The van der Waals surface area contributed by atoms with Gasteiger partial charge in [0.15, 0.2) is 5.60 Å². The molecule has 0 amide bonds. The van der Waals surface area contributed by atoms with Crippen molar-refractivity contribution in [3.8, 4) is 0 Å². The number of rotatable bonds is 7. The molecule has 0 aliphatic carbocycles. The zero-order valence-electron chi connectivity index (χ0n) is 16.3. The average Bonchev–Trinajstić information content (AvgIpc) is 3.09. The van der Waals surface area contributed by atoms with Gasteiger partial charge in [0.2, 0.25) is 0 Å². The molecule has 31 heavy (non-hydrogen) atoms. The van der Waals surface area contributed by atoms with E-state index >= 15 is 0 Å². The number of alkyl halides is 3. The molecule has 0 bridgehead atoms. The second-order valence-electron chi connectivity index (χ2n) is 7.36. The highest BCUT2D eigenvalue weighted by Crippen LogP contribution is 2.38. The first-order valence-electron chi connectivity index (χ1n) is 9.24. The summed E-state index contributed by atoms with van der Waals surface area (Å²) in [5.41, 5.74) is 1.42. The minimum atomic E-state index is -4.41. The summed E-state index contributed by atoms with van der Waals surface area (Å²) in [5, 5.41) is 5.13. The maximum Gasteiger partial charge on any atom is 0.389 e. The molecule has 0 fully saturated rings. The molecule has 2 aromatic carbocycles. The van der Waals surface area contributed by atoms with Crippen LogP contribution in [0, 0.1) is 0 Å². The number of ketones is 1. The number of Topliss-reactive ketones (excluding diaryl/α,β-unsaturated/α-hetero) is 1. The summed E-state index contributed by atoms with van der Waals surface area (Å²) in [6, 6.07) is 11.6. The summed E-state index contributed by atoms with van der Waals surface area (Å²) in [6.45, 7) is 1.86. The Morgan fingerprint density at radius 3 is 2.35 bits per heavy atom. The fourth-order valence-corrected chi connectivity index (χ4v) is 4.66. The monoisotopic (exact) mass is 491 g/mol. The SMILES string of the molecule is CC1(c2cc(Cl)cc(Cl)c2)CC(c2ccc(S(=O)CC(=O)CCC(F)(F)F)cc2)=NO1. The van der Waals surface area contributed by atoms with E-state index in [4.69, 9.17) is 28.0 Å². The normalized spacial score (nSPS) is 19.6. The third kappa shape index (κ3) is 6.30. The molecule has 0 spiro atoms. The van der Waals surface area contributed by atoms with E-state index in [1.165, 1.54) is 0 Å². The van der Waals surface area contributed by atoms with E-state index in [0.717, 1.165) is 11.1 Å². The molecule has 10 heteroatoms. The van der Waals surface area contributed by atoms with E-state index in [-0.39, 0.29) is 0 Å². The van der Waals surface area contributed by atoms with Crippen LogP contribution in [0.25, 0.3) is 0 Å². The van der Waals surface area contributed by atoms with Crippen LogP contribution in [0.3, 0.4) is 0 Å². The third-order valence-electron chi connectivity index (χ3n) is 4.77. The van der Waals surface area contributed by atoms with Crippen LogP contribution in [0.2, 0.25) is 10.0 Å². The van der Waals surface area contributed by atoms with Crippen LogP contribution < -0.4 is 0 Å². The predicted octanol–water partition coefficient (Wildman–Crippen LogP) is 6.05. The first kappa shape index (κ1) is 23.8. The van der Waals surface area contributed by atoms with Crippen molar-refractivity contribution in [1.29, 1.82) is 0 Å². The van der Waals surface area contributed by atoms with E-state index < -0.39 is 47.0 Å². The fourth-order valence-electron chi connectivity index (χ4n) is 3.09. The molecule has 1 aliphatic heterocycles. The first-order valence-corrected chi connectivity index (χ1v) is 11.3. The van der Waals surface area contributed by atoms with Crippen LogP contribution in [0.15, 0.2) is 52.5 Å². The summed E-state index contributed by atoms with van der Waals surface area (Å²) in [7, 11) is -1.72. The summed E-state index contributed by atoms with van der Waals surface area (Å²) >= 11 is 12.2. The van der Waals surface area contributed by atoms with Crippen LogP contribution in [-0.2, 0) is 26.0 Å². The maximum absolute atomic E-state index is 12.3. The lowest BCUT2D eigenvalue weighted by molar-refractivity contribution is -0.142. The van der Waals surface area contributed by atoms with E-state index in [2.05, 4.69) is 5.16 Å². The Morgan fingerprint density at radius 1 is 1.16 bits per heavy atom. The molecule has 1 aliphatic rings. The largest absolute Gasteiger partial charge is 0.389 e. The molecule has 0 N–H and O–H groups in total. The zero-order valence-corrected chi connectivity index (χ0v) is 18.7. The van der Waals surface area contributed by atoms with Crippen LogP contribution in [0.5, 0.6) is 0 Å². The van der Waals surface area contributed by atoms with Crippen molar-refractivity contribution in [1.82, 2.24) is 0 Å². The van der Waals surface area contributed by atoms with Gasteiger partial charge in [-0.2, -0.15) is 13.2 Å². The van der Waals surface area contributed by atoms with Gasteiger partial charge < -0.3 is 4.84 Å². The Hall–Kier alpha value is -1.90. The smallest absolute Gasteiger partial charge is 0.384 e. The van der Waals surface area contributed by atoms with Crippen LogP contribution >= 0.6 is 23.2 Å². The first-order chi connectivity index (χ1) is 14.4. The molecular formula is C21H18Cl2F3NO3S. The molecule has 0 radical (unpaired) electrons. The van der Waals surface area contributed by atoms with E-state index in [1.807, 2.05) is 6.92 Å². The fraction of sp³-hybridized carbons (Fsp3) is 0.333. The Bertz CT molecular complexity index is 1020. The number of carbonyl (C=O) groups excluding carboxylic acids is 1. The summed E-state index contributed by atoms with van der Waals surface area (Å²) in [5.74, 6) is -1.14. The van der Waals surface area contributed by atoms with E-state index in [1.54, 1.807) is 42.5 Å². The molecule has 1 heterocycles. The highest BCUT2D eigenvalue weighted by Gasteiger charge is 2.37. The minimum absolute atomic E-state index is 0.355. The van der Waals surface area contributed by atoms with Crippen LogP contribution in [0.1, 0.15) is 37.3 Å². The van der Waals surface area contributed by atoms with E-state index in [0.29, 0.717) is 27.1 Å². The molecule has 0 aromatic heterocycles. The van der Waals surface area contributed by atoms with Gasteiger partial charge in [-0.15, -0.1) is 0 Å². The molecule has 0 saturated carbocycles. The van der Waals surface area contributed by atoms with Gasteiger partial charge in [0, 0.05) is 33.3 Å². The lowest BCUT2D eigenvalue weighted by Crippen LogP contribution is -2.22. The number of hydrogen-bond acceptors (Lipinski definition) is 4. The van der Waals surface area contributed by atoms with Gasteiger partial charge in [0.25, 0.3) is 0 Å². The highest BCUT2D eigenvalue weighted by molar-refractivity contribution is 7.85. The molecular weight excluding hydrogens is 474 g/mol. The minimum Gasteiger partial charge on any atom is -0.384 e. The third-order valence-corrected chi connectivity index (χ3v) is 6.58. The van der Waals surface area contributed by atoms with Gasteiger partial charge in [-0.25, -0.2) is 0 Å². The number of oxime groups is 1. The van der Waals surface area contributed by atoms with Gasteiger partial charge in [-0.05, 0) is 42.8 Å². The number of carbonyl (C=O) groups is 1. The molecule has 3 rings (SSSR count). The Kier molecular flexibility index (Phi) is 7.13. The number of nitrogens with zero attached hydrogens (tertiary/aromatic N) is 1. The predicted molar refractivity (Wildman–Crippen MR) is 114 cm³/mol. The standard InChI is InChI=1S/C21H18Cl2F3NO3S/c1-20(14-8-15(22)10-16(23)9-14)11-19(27-30-20)13-2-4-18(5-3-13)31(29)12-17(28)6-7-21(24,25)26/h2-5,8-10H,6-7,11-12H2,1H3. The highest BCUT2D eigenvalue weighted by atomic mass is 35.5. The van der Waals surface area contributed by atoms with Crippen LogP contribution in [-0.4, -0.2) is 27.6 Å². The van der Waals surface area contributed by atoms with Crippen molar-refractivity contribution in [3.63, 3.8) is 0 Å². The van der Waals surface area contributed by atoms with Crippen molar-refractivity contribution in [2.45, 2.75) is 42.9 Å². The average molecular weight is 492 g/mol. The zero-order chi connectivity index (χ0) is 22.8. The van der Waals surface area contributed by atoms with Gasteiger partial charge in [-0.1, -0.05) is 40.5 Å².